The van der Waals surface area contributed by atoms with E-state index in [0.29, 0.717) is 24.3 Å². The lowest BCUT2D eigenvalue weighted by molar-refractivity contribution is 0.108. The molecule has 19 heavy (non-hydrogen) atoms. The van der Waals surface area contributed by atoms with Crippen LogP contribution >= 0.6 is 0 Å². The molecular formula is C13H18N2O3S. The second-order valence-electron chi connectivity index (χ2n) is 5.15. The Kier molecular flexibility index (Phi) is 3.24. The molecule has 1 saturated heterocycles. The minimum atomic E-state index is -3.47. The first-order valence-corrected chi connectivity index (χ1v) is 8.06. The molecule has 0 bridgehead atoms. The highest BCUT2D eigenvalue weighted by Gasteiger charge is 2.30. The van der Waals surface area contributed by atoms with E-state index in [1.54, 1.807) is 12.1 Å². The summed E-state index contributed by atoms with van der Waals surface area (Å²) in [5, 5.41) is 12.8. The maximum absolute atomic E-state index is 12.5. The Labute approximate surface area is 113 Å². The lowest BCUT2D eigenvalue weighted by atomic mass is 10.1. The van der Waals surface area contributed by atoms with Gasteiger partial charge in [-0.1, -0.05) is 0 Å². The third-order valence-electron chi connectivity index (χ3n) is 3.78. The van der Waals surface area contributed by atoms with Gasteiger partial charge in [-0.15, -0.1) is 0 Å². The van der Waals surface area contributed by atoms with E-state index in [2.05, 4.69) is 5.32 Å². The zero-order chi connectivity index (χ0) is 13.5. The Morgan fingerprint density at radius 1 is 1.37 bits per heavy atom. The van der Waals surface area contributed by atoms with Gasteiger partial charge in [-0.3, -0.25) is 0 Å². The van der Waals surface area contributed by atoms with Crippen molar-refractivity contribution in [2.24, 2.45) is 0 Å². The molecule has 3 rings (SSSR count). The van der Waals surface area contributed by atoms with Crippen molar-refractivity contribution in [3.05, 3.63) is 23.8 Å². The molecule has 0 amide bonds. The first kappa shape index (κ1) is 12.9. The molecule has 2 N–H and O–H groups in total. The number of piperidine rings is 1. The molecule has 2 aliphatic rings. The average Bonchev–Trinajstić information content (AvgIpc) is 2.85. The molecule has 1 atom stereocenters. The Hall–Kier alpha value is -1.11. The van der Waals surface area contributed by atoms with Gasteiger partial charge in [-0.05, 0) is 43.0 Å². The molecular weight excluding hydrogens is 264 g/mol. The zero-order valence-electron chi connectivity index (χ0n) is 10.7. The van der Waals surface area contributed by atoms with Crippen LogP contribution in [-0.4, -0.2) is 43.6 Å². The Bertz CT molecular complexity index is 586. The predicted molar refractivity (Wildman–Crippen MR) is 72.6 cm³/mol. The van der Waals surface area contributed by atoms with Crippen LogP contribution < -0.4 is 5.32 Å². The number of anilines is 1. The number of benzene rings is 1. The van der Waals surface area contributed by atoms with Crippen molar-refractivity contribution in [3.8, 4) is 0 Å². The number of hydrogen-bond donors (Lipinski definition) is 2. The van der Waals surface area contributed by atoms with Gasteiger partial charge in [-0.25, -0.2) is 8.42 Å². The standard InChI is InChI=1S/C13H18N2O3S/c16-11-2-1-7-15(9-11)19(17,18)12-3-4-13-10(8-12)5-6-14-13/h3-4,8,11,14,16H,1-2,5-7,9H2. The summed E-state index contributed by atoms with van der Waals surface area (Å²) < 4.78 is 26.4. The molecule has 0 radical (unpaired) electrons. The summed E-state index contributed by atoms with van der Waals surface area (Å²) in [4.78, 5) is 0.337. The van der Waals surface area contributed by atoms with E-state index >= 15 is 0 Å². The highest BCUT2D eigenvalue weighted by molar-refractivity contribution is 7.89. The van der Waals surface area contributed by atoms with E-state index in [1.807, 2.05) is 6.07 Å². The zero-order valence-corrected chi connectivity index (χ0v) is 11.5. The highest BCUT2D eigenvalue weighted by Crippen LogP contribution is 2.27. The Morgan fingerprint density at radius 3 is 3.00 bits per heavy atom. The quantitative estimate of drug-likeness (QED) is 0.842. The highest BCUT2D eigenvalue weighted by atomic mass is 32.2. The number of sulfonamides is 1. The summed E-state index contributed by atoms with van der Waals surface area (Å²) in [6.07, 6.45) is 1.72. The largest absolute Gasteiger partial charge is 0.392 e. The molecule has 2 heterocycles. The van der Waals surface area contributed by atoms with Crippen molar-refractivity contribution in [2.45, 2.75) is 30.3 Å². The Morgan fingerprint density at radius 2 is 2.21 bits per heavy atom. The lowest BCUT2D eigenvalue weighted by Gasteiger charge is -2.29. The molecule has 0 spiro atoms. The number of nitrogens with one attached hydrogen (secondary N) is 1. The van der Waals surface area contributed by atoms with Gasteiger partial charge >= 0.3 is 0 Å². The van der Waals surface area contributed by atoms with Crippen LogP contribution in [0.3, 0.4) is 0 Å². The minimum absolute atomic E-state index is 0.206. The van der Waals surface area contributed by atoms with Gasteiger partial charge < -0.3 is 10.4 Å². The van der Waals surface area contributed by atoms with Crippen molar-refractivity contribution in [2.75, 3.05) is 25.0 Å². The van der Waals surface area contributed by atoms with Gasteiger partial charge in [0, 0.05) is 25.3 Å². The molecule has 0 aromatic heterocycles. The average molecular weight is 282 g/mol. The summed E-state index contributed by atoms with van der Waals surface area (Å²) in [6, 6.07) is 5.23. The fourth-order valence-electron chi connectivity index (χ4n) is 2.73. The third kappa shape index (κ3) is 2.35. The number of fused-ring (bicyclic) bond motifs is 1. The molecule has 0 aliphatic carbocycles. The van der Waals surface area contributed by atoms with Crippen LogP contribution in [0, 0.1) is 0 Å². The fourth-order valence-corrected chi connectivity index (χ4v) is 4.30. The molecule has 0 saturated carbocycles. The number of nitrogens with zero attached hydrogens (tertiary/aromatic N) is 1. The molecule has 1 aromatic rings. The molecule has 104 valence electrons. The Balaban J connectivity index is 1.91. The van der Waals surface area contributed by atoms with E-state index in [4.69, 9.17) is 0 Å². The first-order valence-electron chi connectivity index (χ1n) is 6.62. The van der Waals surface area contributed by atoms with Gasteiger partial charge in [0.2, 0.25) is 10.0 Å². The van der Waals surface area contributed by atoms with Crippen LogP contribution in [0.5, 0.6) is 0 Å². The second kappa shape index (κ2) is 4.77. The predicted octanol–water partition coefficient (Wildman–Crippen LogP) is 0.800. The maximum atomic E-state index is 12.5. The van der Waals surface area contributed by atoms with Crippen molar-refractivity contribution >= 4 is 15.7 Å². The topological polar surface area (TPSA) is 69.6 Å². The smallest absolute Gasteiger partial charge is 0.243 e. The number of rotatable bonds is 2. The molecule has 5 nitrogen and oxygen atoms in total. The molecule has 6 heteroatoms. The van der Waals surface area contributed by atoms with E-state index in [1.165, 1.54) is 4.31 Å². The molecule has 1 aromatic carbocycles. The number of β-amino-alcohol motifs (C(OH)–C–C–N with tert-alkyl or cyclic N) is 1. The van der Waals surface area contributed by atoms with Crippen molar-refractivity contribution < 1.29 is 13.5 Å². The van der Waals surface area contributed by atoms with Crippen LogP contribution in [0.4, 0.5) is 5.69 Å². The van der Waals surface area contributed by atoms with E-state index in [-0.39, 0.29) is 6.54 Å². The SMILES string of the molecule is O=S(=O)(c1ccc2c(c1)CCN2)N1CCCC(O)C1. The molecule has 2 aliphatic heterocycles. The normalized spacial score (nSPS) is 23.9. The summed E-state index contributed by atoms with van der Waals surface area (Å²) in [5.41, 5.74) is 2.08. The summed E-state index contributed by atoms with van der Waals surface area (Å²) in [7, 11) is -3.47. The summed E-state index contributed by atoms with van der Waals surface area (Å²) in [6.45, 7) is 1.56. The van der Waals surface area contributed by atoms with E-state index in [9.17, 15) is 13.5 Å². The summed E-state index contributed by atoms with van der Waals surface area (Å²) in [5.74, 6) is 0. The lowest BCUT2D eigenvalue weighted by Crippen LogP contribution is -2.42. The maximum Gasteiger partial charge on any atom is 0.243 e. The van der Waals surface area contributed by atoms with Crippen molar-refractivity contribution in [1.29, 1.82) is 0 Å². The van der Waals surface area contributed by atoms with Gasteiger partial charge in [0.1, 0.15) is 0 Å². The van der Waals surface area contributed by atoms with Crippen LogP contribution in [0.25, 0.3) is 0 Å². The minimum Gasteiger partial charge on any atom is -0.392 e. The van der Waals surface area contributed by atoms with Gasteiger partial charge in [0.25, 0.3) is 0 Å². The van der Waals surface area contributed by atoms with E-state index < -0.39 is 16.1 Å². The van der Waals surface area contributed by atoms with Gasteiger partial charge in [0.05, 0.1) is 11.0 Å². The first-order chi connectivity index (χ1) is 9.07. The second-order valence-corrected chi connectivity index (χ2v) is 7.09. The van der Waals surface area contributed by atoms with Crippen LogP contribution in [0.1, 0.15) is 18.4 Å². The number of hydrogen-bond acceptors (Lipinski definition) is 4. The van der Waals surface area contributed by atoms with Gasteiger partial charge in [-0.2, -0.15) is 4.31 Å². The van der Waals surface area contributed by atoms with Gasteiger partial charge in [0.15, 0.2) is 0 Å². The third-order valence-corrected chi connectivity index (χ3v) is 5.64. The number of aliphatic hydroxyl groups is 1. The van der Waals surface area contributed by atoms with E-state index in [0.717, 1.165) is 24.2 Å². The monoisotopic (exact) mass is 282 g/mol. The number of aliphatic hydroxyl groups excluding tert-OH is 1. The fraction of sp³-hybridized carbons (Fsp3) is 0.538. The van der Waals surface area contributed by atoms with Crippen LogP contribution in [-0.2, 0) is 16.4 Å². The molecule has 1 unspecified atom stereocenters. The van der Waals surface area contributed by atoms with Crippen LogP contribution in [0.2, 0.25) is 0 Å². The van der Waals surface area contributed by atoms with Crippen molar-refractivity contribution in [1.82, 2.24) is 4.31 Å². The molecule has 1 fully saturated rings. The van der Waals surface area contributed by atoms with Crippen LogP contribution in [0.15, 0.2) is 23.1 Å². The summed E-state index contributed by atoms with van der Waals surface area (Å²) >= 11 is 0. The van der Waals surface area contributed by atoms with Crippen molar-refractivity contribution in [3.63, 3.8) is 0 Å².